The Morgan fingerprint density at radius 2 is 2.24 bits per heavy atom. The van der Waals surface area contributed by atoms with Gasteiger partial charge in [-0.05, 0) is 23.6 Å². The van der Waals surface area contributed by atoms with E-state index < -0.39 is 5.97 Å². The minimum Gasteiger partial charge on any atom is -0.477 e. The Kier molecular flexibility index (Phi) is 3.24. The number of nitrogens with one attached hydrogen (secondary N) is 1. The van der Waals surface area contributed by atoms with Crippen molar-refractivity contribution in [3.8, 4) is 0 Å². The Balaban J connectivity index is 2.03. The summed E-state index contributed by atoms with van der Waals surface area (Å²) in [5.41, 5.74) is 0.828. The van der Waals surface area contributed by atoms with Crippen molar-refractivity contribution >= 4 is 28.9 Å². The van der Waals surface area contributed by atoms with Crippen molar-refractivity contribution in [1.29, 1.82) is 0 Å². The average molecular weight is 250 g/mol. The third-order valence-corrected chi connectivity index (χ3v) is 2.85. The number of nitrogens with zero attached hydrogens (tertiary/aromatic N) is 1. The van der Waals surface area contributed by atoms with E-state index in [0.717, 1.165) is 5.69 Å². The predicted octanol–water partition coefficient (Wildman–Crippen LogP) is 1.89. The zero-order valence-corrected chi connectivity index (χ0v) is 9.61. The zero-order chi connectivity index (χ0) is 12.3. The fourth-order valence-electron chi connectivity index (χ4n) is 1.44. The minimum absolute atomic E-state index is 0.00944. The molecule has 5 nitrogen and oxygen atoms in total. The summed E-state index contributed by atoms with van der Waals surface area (Å²) in [7, 11) is 0. The normalized spacial score (nSPS) is 10.1. The van der Waals surface area contributed by atoms with Gasteiger partial charge in [0.05, 0.1) is 5.69 Å². The highest BCUT2D eigenvalue weighted by Crippen LogP contribution is 2.12. The van der Waals surface area contributed by atoms with Crippen molar-refractivity contribution < 1.29 is 14.7 Å². The van der Waals surface area contributed by atoms with Crippen molar-refractivity contribution in [1.82, 2.24) is 4.57 Å². The van der Waals surface area contributed by atoms with Gasteiger partial charge in [0.25, 0.3) is 0 Å². The van der Waals surface area contributed by atoms with Gasteiger partial charge in [-0.15, -0.1) is 0 Å². The SMILES string of the molecule is O=C(Cn1cccc1C(=O)O)Nc1ccsc1. The highest BCUT2D eigenvalue weighted by molar-refractivity contribution is 7.08. The lowest BCUT2D eigenvalue weighted by atomic mass is 10.4. The molecule has 0 radical (unpaired) electrons. The summed E-state index contributed by atoms with van der Waals surface area (Å²) in [5.74, 6) is -1.29. The zero-order valence-electron chi connectivity index (χ0n) is 8.79. The van der Waals surface area contributed by atoms with E-state index in [1.54, 1.807) is 18.3 Å². The molecule has 6 heteroatoms. The molecule has 0 aliphatic carbocycles. The molecule has 2 heterocycles. The molecule has 0 aliphatic heterocycles. The van der Waals surface area contributed by atoms with Crippen molar-refractivity contribution in [3.63, 3.8) is 0 Å². The van der Waals surface area contributed by atoms with Crippen molar-refractivity contribution in [2.24, 2.45) is 0 Å². The number of thiophene rings is 1. The van der Waals surface area contributed by atoms with Gasteiger partial charge in [-0.3, -0.25) is 4.79 Å². The molecule has 2 rings (SSSR count). The minimum atomic E-state index is -1.04. The van der Waals surface area contributed by atoms with Gasteiger partial charge in [-0.25, -0.2) is 4.79 Å². The lowest BCUT2D eigenvalue weighted by Crippen LogP contribution is -2.20. The third-order valence-electron chi connectivity index (χ3n) is 2.17. The van der Waals surface area contributed by atoms with E-state index in [9.17, 15) is 9.59 Å². The lowest BCUT2D eigenvalue weighted by Gasteiger charge is -2.06. The molecule has 0 spiro atoms. The number of amides is 1. The number of carbonyl (C=O) groups is 2. The molecule has 0 fully saturated rings. The summed E-state index contributed by atoms with van der Waals surface area (Å²) in [5, 5.41) is 15.2. The molecule has 88 valence electrons. The molecular formula is C11H10N2O3S. The van der Waals surface area contributed by atoms with Crippen LogP contribution in [-0.2, 0) is 11.3 Å². The number of hydrogen-bond acceptors (Lipinski definition) is 3. The van der Waals surface area contributed by atoms with E-state index in [1.807, 2.05) is 10.8 Å². The maximum atomic E-state index is 11.6. The highest BCUT2D eigenvalue weighted by atomic mass is 32.1. The van der Waals surface area contributed by atoms with E-state index in [1.165, 1.54) is 22.0 Å². The number of carboxylic acids is 1. The van der Waals surface area contributed by atoms with Crippen LogP contribution in [-0.4, -0.2) is 21.6 Å². The Labute approximate surface area is 101 Å². The summed E-state index contributed by atoms with van der Waals surface area (Å²) >= 11 is 1.48. The molecule has 0 saturated carbocycles. The smallest absolute Gasteiger partial charge is 0.352 e. The summed E-state index contributed by atoms with van der Waals surface area (Å²) in [4.78, 5) is 22.5. The van der Waals surface area contributed by atoms with Gasteiger partial charge < -0.3 is 15.0 Å². The molecule has 0 unspecified atom stereocenters. The summed E-state index contributed by atoms with van der Waals surface area (Å²) in [6, 6.07) is 4.85. The summed E-state index contributed by atoms with van der Waals surface area (Å²) < 4.78 is 1.39. The molecule has 0 bridgehead atoms. The number of rotatable bonds is 4. The van der Waals surface area contributed by atoms with Gasteiger partial charge in [0.1, 0.15) is 12.2 Å². The number of carbonyl (C=O) groups excluding carboxylic acids is 1. The molecule has 2 aromatic rings. The van der Waals surface area contributed by atoms with Gasteiger partial charge in [0.2, 0.25) is 5.91 Å². The maximum Gasteiger partial charge on any atom is 0.352 e. The first-order chi connectivity index (χ1) is 8.16. The van der Waals surface area contributed by atoms with Gasteiger partial charge in [0.15, 0.2) is 0 Å². The van der Waals surface area contributed by atoms with Crippen molar-refractivity contribution in [2.75, 3.05) is 5.32 Å². The van der Waals surface area contributed by atoms with Gasteiger partial charge in [-0.2, -0.15) is 11.3 Å². The molecule has 0 aliphatic rings. The molecular weight excluding hydrogens is 240 g/mol. The van der Waals surface area contributed by atoms with E-state index in [4.69, 9.17) is 5.11 Å². The second-order valence-corrected chi connectivity index (χ2v) is 4.17. The molecule has 17 heavy (non-hydrogen) atoms. The van der Waals surface area contributed by atoms with Gasteiger partial charge in [0, 0.05) is 11.6 Å². The largest absolute Gasteiger partial charge is 0.477 e. The van der Waals surface area contributed by atoms with Crippen molar-refractivity contribution in [2.45, 2.75) is 6.54 Å². The maximum absolute atomic E-state index is 11.6. The first-order valence-electron chi connectivity index (χ1n) is 4.87. The second kappa shape index (κ2) is 4.84. The van der Waals surface area contributed by atoms with Crippen LogP contribution in [0.2, 0.25) is 0 Å². The molecule has 2 N–H and O–H groups in total. The standard InChI is InChI=1S/C11H10N2O3S/c14-10(12-8-3-5-17-7-8)6-13-4-1-2-9(13)11(15)16/h1-5,7H,6H2,(H,12,14)(H,15,16). The summed E-state index contributed by atoms with van der Waals surface area (Å²) in [6.07, 6.45) is 1.57. The fraction of sp³-hybridized carbons (Fsp3) is 0.0909. The number of anilines is 1. The van der Waals surface area contributed by atoms with Gasteiger partial charge >= 0.3 is 5.97 Å². The molecule has 2 aromatic heterocycles. The average Bonchev–Trinajstić information content (AvgIpc) is 2.88. The number of aromatic nitrogens is 1. The van der Waals surface area contributed by atoms with Crippen LogP contribution >= 0.6 is 11.3 Å². The van der Waals surface area contributed by atoms with Crippen LogP contribution in [0.4, 0.5) is 5.69 Å². The fourth-order valence-corrected chi connectivity index (χ4v) is 2.02. The van der Waals surface area contributed by atoms with Crippen LogP contribution < -0.4 is 5.32 Å². The van der Waals surface area contributed by atoms with Crippen LogP contribution in [0.1, 0.15) is 10.5 Å². The second-order valence-electron chi connectivity index (χ2n) is 3.39. The molecule has 1 amide bonds. The summed E-state index contributed by atoms with van der Waals surface area (Å²) in [6.45, 7) is -0.00944. The third kappa shape index (κ3) is 2.73. The van der Waals surface area contributed by atoms with E-state index in [0.29, 0.717) is 0 Å². The Morgan fingerprint density at radius 1 is 1.41 bits per heavy atom. The molecule has 0 atom stereocenters. The number of aromatic carboxylic acids is 1. The van der Waals surface area contributed by atoms with Gasteiger partial charge in [-0.1, -0.05) is 0 Å². The van der Waals surface area contributed by atoms with Crippen LogP contribution in [0.3, 0.4) is 0 Å². The first kappa shape index (κ1) is 11.4. The van der Waals surface area contributed by atoms with Crippen LogP contribution in [0.5, 0.6) is 0 Å². The lowest BCUT2D eigenvalue weighted by molar-refractivity contribution is -0.116. The van der Waals surface area contributed by atoms with Crippen LogP contribution in [0.15, 0.2) is 35.2 Å². The Hall–Kier alpha value is -2.08. The van der Waals surface area contributed by atoms with E-state index in [-0.39, 0.29) is 18.1 Å². The topological polar surface area (TPSA) is 71.3 Å². The quantitative estimate of drug-likeness (QED) is 0.870. The number of hydrogen-bond donors (Lipinski definition) is 2. The Morgan fingerprint density at radius 3 is 2.88 bits per heavy atom. The molecule has 0 aromatic carbocycles. The van der Waals surface area contributed by atoms with Crippen LogP contribution in [0.25, 0.3) is 0 Å². The van der Waals surface area contributed by atoms with Crippen LogP contribution in [0, 0.1) is 0 Å². The van der Waals surface area contributed by atoms with E-state index in [2.05, 4.69) is 5.32 Å². The number of carboxylic acid groups (broad SMARTS) is 1. The molecule has 0 saturated heterocycles. The Bertz CT molecular complexity index is 531. The first-order valence-corrected chi connectivity index (χ1v) is 5.81. The predicted molar refractivity (Wildman–Crippen MR) is 64.3 cm³/mol. The highest BCUT2D eigenvalue weighted by Gasteiger charge is 2.11. The van der Waals surface area contributed by atoms with Crippen molar-refractivity contribution in [3.05, 3.63) is 40.8 Å². The van der Waals surface area contributed by atoms with E-state index >= 15 is 0 Å². The monoisotopic (exact) mass is 250 g/mol.